The molecule has 2 aliphatic rings. The highest BCUT2D eigenvalue weighted by Gasteiger charge is 2.45. The summed E-state index contributed by atoms with van der Waals surface area (Å²) < 4.78 is 29.6. The van der Waals surface area contributed by atoms with E-state index in [2.05, 4.69) is 17.6 Å². The Balaban J connectivity index is 1.44. The lowest BCUT2D eigenvalue weighted by atomic mass is 10.00. The summed E-state index contributed by atoms with van der Waals surface area (Å²) in [5, 5.41) is 5.60. The lowest BCUT2D eigenvalue weighted by Gasteiger charge is -2.33. The molecule has 2 fully saturated rings. The first-order chi connectivity index (χ1) is 15.5. The quantitative estimate of drug-likeness (QED) is 0.474. The largest absolute Gasteiger partial charge is 0.353 e. The molecule has 5 unspecified atom stereocenters. The number of hydrogen-bond acceptors (Lipinski definition) is 4. The third-order valence-corrected chi connectivity index (χ3v) is 8.39. The van der Waals surface area contributed by atoms with E-state index in [1.54, 1.807) is 25.1 Å². The lowest BCUT2D eigenvalue weighted by Crippen LogP contribution is -2.56. The van der Waals surface area contributed by atoms with Gasteiger partial charge in [-0.3, -0.25) is 9.59 Å². The van der Waals surface area contributed by atoms with Crippen molar-refractivity contribution in [2.24, 2.45) is 23.5 Å². The molecular weight excluding hydrogens is 445 g/mol. The van der Waals surface area contributed by atoms with Crippen LogP contribution in [0.1, 0.15) is 40.5 Å². The zero-order chi connectivity index (χ0) is 24.3. The fraction of sp³-hybridized carbons (Fsp3) is 0.652. The molecule has 1 saturated carbocycles. The van der Waals surface area contributed by atoms with Crippen molar-refractivity contribution in [3.05, 3.63) is 30.1 Å². The molecule has 1 aromatic carbocycles. The van der Waals surface area contributed by atoms with Gasteiger partial charge in [-0.2, -0.15) is 4.31 Å². The minimum Gasteiger partial charge on any atom is -0.353 e. The minimum absolute atomic E-state index is 0.209. The molecule has 3 rings (SSSR count). The monoisotopic (exact) mass is 481 g/mol. The van der Waals surface area contributed by atoms with Crippen LogP contribution in [0.5, 0.6) is 0 Å². The maximum absolute atomic E-state index is 13.0. The molecule has 1 heterocycles. The van der Waals surface area contributed by atoms with Crippen molar-refractivity contribution in [1.29, 1.82) is 0 Å². The molecule has 0 bridgehead atoms. The van der Waals surface area contributed by atoms with Gasteiger partial charge in [0.05, 0.1) is 0 Å². The Bertz CT molecular complexity index is 881. The van der Waals surface area contributed by atoms with E-state index >= 15 is 0 Å². The Kier molecular flexibility index (Phi) is 8.26. The van der Waals surface area contributed by atoms with E-state index < -0.39 is 22.8 Å². The first kappa shape index (κ1) is 25.7. The molecule has 1 aromatic rings. The van der Waals surface area contributed by atoms with Gasteiger partial charge in [-0.25, -0.2) is 12.9 Å². The number of hydrogen-bond donors (Lipinski definition) is 3. The van der Waals surface area contributed by atoms with Gasteiger partial charge in [0.2, 0.25) is 11.8 Å². The molecule has 2 amide bonds. The Morgan fingerprint density at radius 2 is 1.91 bits per heavy atom. The van der Waals surface area contributed by atoms with Crippen LogP contribution in [-0.2, 0) is 20.8 Å². The van der Waals surface area contributed by atoms with E-state index in [0.29, 0.717) is 37.0 Å². The predicted molar refractivity (Wildman–Crippen MR) is 128 cm³/mol. The zero-order valence-electron chi connectivity index (χ0n) is 19.8. The molecule has 8 nitrogen and oxygen atoms in total. The van der Waals surface area contributed by atoms with Crippen LogP contribution in [0.4, 0.5) is 10.1 Å². The number of nitrogens with two attached hydrogens (primary N) is 1. The summed E-state index contributed by atoms with van der Waals surface area (Å²) in [6, 6.07) is 5.13. The number of rotatable bonds is 10. The van der Waals surface area contributed by atoms with Crippen molar-refractivity contribution in [1.82, 2.24) is 13.9 Å². The number of halogens is 1. The van der Waals surface area contributed by atoms with Crippen LogP contribution < -0.4 is 16.4 Å². The molecule has 0 aromatic heterocycles. The van der Waals surface area contributed by atoms with Gasteiger partial charge in [0, 0.05) is 43.8 Å². The second-order valence-corrected chi connectivity index (χ2v) is 11.3. The minimum atomic E-state index is -1.34. The highest BCUT2D eigenvalue weighted by Crippen LogP contribution is 2.39. The summed E-state index contributed by atoms with van der Waals surface area (Å²) in [6.07, 6.45) is 1.55. The third-order valence-electron chi connectivity index (χ3n) is 6.60. The average molecular weight is 482 g/mol. The van der Waals surface area contributed by atoms with Gasteiger partial charge < -0.3 is 16.4 Å². The van der Waals surface area contributed by atoms with Crippen LogP contribution in [0, 0.1) is 23.6 Å². The highest BCUT2D eigenvalue weighted by molar-refractivity contribution is 7.80. The standard InChI is InChI=1S/C23H36FN5O3S/c1-15-11-17(15)14-28-9-10-29(33(28)32)23(3,4)22(31)26-13-19(25)12-16(2)21(30)27-20-7-5-18(24)6-8-20/h5-8,15-17,19H,9-14,25H2,1-4H3,(H,26,31)(H,27,30). The van der Waals surface area contributed by atoms with Crippen LogP contribution in [0.25, 0.3) is 0 Å². The van der Waals surface area contributed by atoms with E-state index in [1.807, 2.05) is 4.31 Å². The summed E-state index contributed by atoms with van der Waals surface area (Å²) in [5.74, 6) is 0.0712. The van der Waals surface area contributed by atoms with E-state index in [0.717, 1.165) is 6.54 Å². The maximum Gasteiger partial charge on any atom is 0.241 e. The smallest absolute Gasteiger partial charge is 0.241 e. The van der Waals surface area contributed by atoms with Gasteiger partial charge >= 0.3 is 0 Å². The van der Waals surface area contributed by atoms with Crippen LogP contribution in [0.3, 0.4) is 0 Å². The van der Waals surface area contributed by atoms with Crippen molar-refractivity contribution < 1.29 is 18.2 Å². The topological polar surface area (TPSA) is 108 Å². The molecule has 184 valence electrons. The number of carbonyl (C=O) groups is 2. The van der Waals surface area contributed by atoms with Gasteiger partial charge in [-0.1, -0.05) is 13.8 Å². The number of nitrogens with zero attached hydrogens (tertiary/aromatic N) is 2. The molecular formula is C23H36FN5O3S. The fourth-order valence-electron chi connectivity index (χ4n) is 4.04. The van der Waals surface area contributed by atoms with Crippen molar-refractivity contribution in [3.63, 3.8) is 0 Å². The number of nitrogens with one attached hydrogen (secondary N) is 2. The maximum atomic E-state index is 13.0. The Morgan fingerprint density at radius 1 is 1.27 bits per heavy atom. The van der Waals surface area contributed by atoms with Crippen molar-refractivity contribution in [2.75, 3.05) is 31.5 Å². The van der Waals surface area contributed by atoms with Gasteiger partial charge in [-0.15, -0.1) is 0 Å². The summed E-state index contributed by atoms with van der Waals surface area (Å²) in [4.78, 5) is 25.3. The highest BCUT2D eigenvalue weighted by atomic mass is 32.2. The van der Waals surface area contributed by atoms with E-state index in [9.17, 15) is 18.2 Å². The SMILES string of the molecule is CC(CC(N)CNC(=O)C(C)(C)N1CCN(CC2CC2C)S1=O)C(=O)Nc1ccc(F)cc1. The summed E-state index contributed by atoms with van der Waals surface area (Å²) in [7, 11) is 0. The molecule has 0 radical (unpaired) electrons. The van der Waals surface area contributed by atoms with E-state index in [-0.39, 0.29) is 30.1 Å². The average Bonchev–Trinajstić information content (AvgIpc) is 3.33. The Labute approximate surface area is 198 Å². The number of anilines is 1. The Hall–Kier alpha value is -1.88. The number of amides is 2. The van der Waals surface area contributed by atoms with Gasteiger partial charge in [-0.05, 0) is 62.8 Å². The molecule has 5 atom stereocenters. The zero-order valence-corrected chi connectivity index (χ0v) is 20.7. The summed E-state index contributed by atoms with van der Waals surface area (Å²) in [6.45, 7) is 9.78. The van der Waals surface area contributed by atoms with Crippen LogP contribution in [0.2, 0.25) is 0 Å². The molecule has 33 heavy (non-hydrogen) atoms. The van der Waals surface area contributed by atoms with E-state index in [4.69, 9.17) is 5.73 Å². The molecule has 1 aliphatic heterocycles. The summed E-state index contributed by atoms with van der Waals surface area (Å²) >= 11 is -1.34. The van der Waals surface area contributed by atoms with Gasteiger partial charge in [0.15, 0.2) is 11.2 Å². The first-order valence-electron chi connectivity index (χ1n) is 11.5. The second kappa shape index (κ2) is 10.6. The normalized spacial score (nSPS) is 25.5. The lowest BCUT2D eigenvalue weighted by molar-refractivity contribution is -0.128. The van der Waals surface area contributed by atoms with Crippen LogP contribution in [0.15, 0.2) is 24.3 Å². The molecule has 1 saturated heterocycles. The number of carbonyl (C=O) groups excluding carboxylic acids is 2. The van der Waals surface area contributed by atoms with Crippen molar-refractivity contribution in [2.45, 2.75) is 52.1 Å². The molecule has 0 spiro atoms. The second-order valence-electron chi connectivity index (χ2n) is 9.86. The van der Waals surface area contributed by atoms with Crippen LogP contribution in [-0.4, -0.2) is 62.4 Å². The molecule has 10 heteroatoms. The van der Waals surface area contributed by atoms with E-state index in [1.165, 1.54) is 30.7 Å². The predicted octanol–water partition coefficient (Wildman–Crippen LogP) is 1.86. The van der Waals surface area contributed by atoms with Crippen molar-refractivity contribution in [3.8, 4) is 0 Å². The third kappa shape index (κ3) is 6.59. The Morgan fingerprint density at radius 3 is 2.52 bits per heavy atom. The molecule has 1 aliphatic carbocycles. The fourth-order valence-corrected chi connectivity index (χ4v) is 5.59. The first-order valence-corrected chi connectivity index (χ1v) is 12.6. The molecule has 4 N–H and O–H groups in total. The number of benzene rings is 1. The van der Waals surface area contributed by atoms with Crippen LogP contribution >= 0.6 is 0 Å². The van der Waals surface area contributed by atoms with Crippen molar-refractivity contribution >= 4 is 28.7 Å². The van der Waals surface area contributed by atoms with Gasteiger partial charge in [0.25, 0.3) is 0 Å². The summed E-state index contributed by atoms with van der Waals surface area (Å²) in [5.41, 5.74) is 5.74. The van der Waals surface area contributed by atoms with Gasteiger partial charge in [0.1, 0.15) is 11.4 Å².